The summed E-state index contributed by atoms with van der Waals surface area (Å²) in [7, 11) is -4.07. The Bertz CT molecular complexity index is 359. The normalized spacial score (nSPS) is 11.5. The van der Waals surface area contributed by atoms with Gasteiger partial charge in [0, 0.05) is 0 Å². The molecule has 66 valence electrons. The molecule has 0 fully saturated rings. The van der Waals surface area contributed by atoms with Gasteiger partial charge in [-0.3, -0.25) is 9.54 Å². The molecular weight excluding hydrogens is 185 g/mol. The highest BCUT2D eigenvalue weighted by atomic mass is 32.2. The summed E-state index contributed by atoms with van der Waals surface area (Å²) < 4.78 is 41.2. The average molecular weight is 191 g/mol. The van der Waals surface area contributed by atoms with Gasteiger partial charge in [-0.15, -0.1) is 0 Å². The van der Waals surface area contributed by atoms with Crippen LogP contribution >= 0.6 is 0 Å². The van der Waals surface area contributed by atoms with Crippen LogP contribution in [0.15, 0.2) is 18.3 Å². The summed E-state index contributed by atoms with van der Waals surface area (Å²) in [4.78, 5) is 3.45. The zero-order chi connectivity index (χ0) is 9.19. The van der Waals surface area contributed by atoms with E-state index in [2.05, 4.69) is 4.98 Å². The Morgan fingerprint density at radius 1 is 1.50 bits per heavy atom. The molecule has 0 atom stereocenters. The maximum absolute atomic E-state index is 12.2. The smallest absolute Gasteiger partial charge is 0.270 e. The fourth-order valence-electron chi connectivity index (χ4n) is 0.679. The number of nitrogens with zero attached hydrogens (tertiary/aromatic N) is 1. The second-order valence-electron chi connectivity index (χ2n) is 2.19. The van der Waals surface area contributed by atoms with E-state index in [0.29, 0.717) is 0 Å². The zero-order valence-electron chi connectivity index (χ0n) is 5.94. The Hall–Kier alpha value is -1.01. The molecule has 1 aromatic rings. The highest BCUT2D eigenvalue weighted by Crippen LogP contribution is 2.01. The van der Waals surface area contributed by atoms with E-state index in [1.165, 1.54) is 6.07 Å². The van der Waals surface area contributed by atoms with Gasteiger partial charge in [0.1, 0.15) is 11.6 Å². The number of hydrogen-bond donors (Lipinski definition) is 1. The third-order valence-corrected chi connectivity index (χ3v) is 1.78. The van der Waals surface area contributed by atoms with Crippen molar-refractivity contribution in [3.63, 3.8) is 0 Å². The van der Waals surface area contributed by atoms with Gasteiger partial charge in [-0.2, -0.15) is 8.42 Å². The molecule has 0 amide bonds. The lowest BCUT2D eigenvalue weighted by molar-refractivity contribution is 0.481. The van der Waals surface area contributed by atoms with Crippen LogP contribution in [0.4, 0.5) is 4.39 Å². The predicted octanol–water partition coefficient (Wildman–Crippen LogP) is 0.609. The number of hydrogen-bond acceptors (Lipinski definition) is 3. The van der Waals surface area contributed by atoms with Gasteiger partial charge in [0.25, 0.3) is 10.1 Å². The minimum absolute atomic E-state index is 0.110. The van der Waals surface area contributed by atoms with E-state index in [1.54, 1.807) is 0 Å². The van der Waals surface area contributed by atoms with Crippen LogP contribution in [0.2, 0.25) is 0 Å². The first-order valence-electron chi connectivity index (χ1n) is 3.03. The lowest BCUT2D eigenvalue weighted by atomic mass is 10.4. The molecule has 0 aliphatic rings. The maximum atomic E-state index is 12.2. The summed E-state index contributed by atoms with van der Waals surface area (Å²) >= 11 is 0. The van der Waals surface area contributed by atoms with Gasteiger partial charge in [-0.05, 0) is 12.1 Å². The first-order chi connectivity index (χ1) is 5.47. The van der Waals surface area contributed by atoms with Gasteiger partial charge in [0.05, 0.1) is 11.9 Å². The monoisotopic (exact) mass is 191 g/mol. The molecule has 1 N–H and O–H groups in total. The highest BCUT2D eigenvalue weighted by Gasteiger charge is 2.06. The molecule has 4 nitrogen and oxygen atoms in total. The van der Waals surface area contributed by atoms with Crippen molar-refractivity contribution in [1.82, 2.24) is 4.98 Å². The molecule has 0 spiro atoms. The lowest BCUT2D eigenvalue weighted by Crippen LogP contribution is -2.03. The zero-order valence-corrected chi connectivity index (χ0v) is 6.75. The van der Waals surface area contributed by atoms with Gasteiger partial charge in [-0.1, -0.05) is 0 Å². The molecule has 0 saturated heterocycles. The van der Waals surface area contributed by atoms with E-state index in [9.17, 15) is 12.8 Å². The molecule has 1 aromatic heterocycles. The lowest BCUT2D eigenvalue weighted by Gasteiger charge is -1.95. The molecule has 0 bridgehead atoms. The van der Waals surface area contributed by atoms with Crippen molar-refractivity contribution in [3.8, 4) is 0 Å². The average Bonchev–Trinajstić information content (AvgIpc) is 1.91. The Balaban J connectivity index is 2.85. The van der Waals surface area contributed by atoms with Crippen LogP contribution in [-0.4, -0.2) is 18.0 Å². The number of aromatic nitrogens is 1. The summed E-state index contributed by atoms with van der Waals surface area (Å²) in [6.45, 7) is 0. The van der Waals surface area contributed by atoms with Crippen molar-refractivity contribution in [1.29, 1.82) is 0 Å². The summed E-state index contributed by atoms with van der Waals surface area (Å²) in [5.74, 6) is -1.14. The minimum atomic E-state index is -4.07. The van der Waals surface area contributed by atoms with Crippen LogP contribution in [0.1, 0.15) is 5.69 Å². The quantitative estimate of drug-likeness (QED) is 0.695. The van der Waals surface area contributed by atoms with Crippen molar-refractivity contribution in [3.05, 3.63) is 29.8 Å². The molecule has 6 heteroatoms. The van der Waals surface area contributed by atoms with Gasteiger partial charge >= 0.3 is 0 Å². The van der Waals surface area contributed by atoms with Crippen molar-refractivity contribution in [2.24, 2.45) is 0 Å². The van der Waals surface area contributed by atoms with Crippen LogP contribution in [0.5, 0.6) is 0 Å². The fraction of sp³-hybridized carbons (Fsp3) is 0.167. The summed E-state index contributed by atoms with van der Waals surface area (Å²) in [6.07, 6.45) is 0.889. The van der Waals surface area contributed by atoms with Crippen LogP contribution in [0.3, 0.4) is 0 Å². The number of rotatable bonds is 2. The van der Waals surface area contributed by atoms with Crippen molar-refractivity contribution in [2.45, 2.75) is 5.75 Å². The van der Waals surface area contributed by atoms with E-state index >= 15 is 0 Å². The van der Waals surface area contributed by atoms with E-state index in [4.69, 9.17) is 4.55 Å². The second kappa shape index (κ2) is 3.16. The van der Waals surface area contributed by atoms with Crippen LogP contribution in [0, 0.1) is 5.82 Å². The van der Waals surface area contributed by atoms with Crippen molar-refractivity contribution >= 4 is 10.1 Å². The Morgan fingerprint density at radius 3 is 2.58 bits per heavy atom. The minimum Gasteiger partial charge on any atom is -0.285 e. The Kier molecular flexibility index (Phi) is 2.39. The van der Waals surface area contributed by atoms with E-state index in [-0.39, 0.29) is 5.69 Å². The number of pyridine rings is 1. The predicted molar refractivity (Wildman–Crippen MR) is 39.4 cm³/mol. The third-order valence-electron chi connectivity index (χ3n) is 1.12. The van der Waals surface area contributed by atoms with E-state index in [0.717, 1.165) is 12.3 Å². The topological polar surface area (TPSA) is 67.3 Å². The summed E-state index contributed by atoms with van der Waals surface area (Å²) in [6, 6.07) is 2.27. The molecule has 0 aliphatic heterocycles. The Morgan fingerprint density at radius 2 is 2.17 bits per heavy atom. The van der Waals surface area contributed by atoms with Crippen LogP contribution in [-0.2, 0) is 15.9 Å². The van der Waals surface area contributed by atoms with Crippen LogP contribution in [0.25, 0.3) is 0 Å². The Labute approximate surface area is 68.8 Å². The van der Waals surface area contributed by atoms with Gasteiger partial charge in [0.2, 0.25) is 0 Å². The molecular formula is C6H6FNO3S. The third kappa shape index (κ3) is 2.93. The molecule has 0 unspecified atom stereocenters. The standard InChI is InChI=1S/C6H6FNO3S/c7-5-1-2-6(8-3-5)4-12(9,10)11/h1-3H,4H2,(H,9,10,11). The molecule has 0 radical (unpaired) electrons. The van der Waals surface area contributed by atoms with Gasteiger partial charge in [-0.25, -0.2) is 4.39 Å². The SMILES string of the molecule is O=S(=O)(O)Cc1ccc(F)cn1. The number of halogens is 1. The second-order valence-corrected chi connectivity index (χ2v) is 3.65. The molecule has 1 rings (SSSR count). The molecule has 0 aromatic carbocycles. The van der Waals surface area contributed by atoms with Gasteiger partial charge in [0.15, 0.2) is 0 Å². The summed E-state index contributed by atoms with van der Waals surface area (Å²) in [5, 5.41) is 0. The molecule has 0 aliphatic carbocycles. The van der Waals surface area contributed by atoms with Crippen LogP contribution < -0.4 is 0 Å². The highest BCUT2D eigenvalue weighted by molar-refractivity contribution is 7.84. The van der Waals surface area contributed by atoms with E-state index < -0.39 is 21.7 Å². The first kappa shape index (κ1) is 9.08. The van der Waals surface area contributed by atoms with Gasteiger partial charge < -0.3 is 0 Å². The fourth-order valence-corrected chi connectivity index (χ4v) is 1.22. The summed E-state index contributed by atoms with van der Waals surface area (Å²) in [5.41, 5.74) is 0.110. The maximum Gasteiger partial charge on any atom is 0.270 e. The molecule has 12 heavy (non-hydrogen) atoms. The largest absolute Gasteiger partial charge is 0.285 e. The van der Waals surface area contributed by atoms with E-state index in [1.807, 2.05) is 0 Å². The van der Waals surface area contributed by atoms with Crippen molar-refractivity contribution in [2.75, 3.05) is 0 Å². The first-order valence-corrected chi connectivity index (χ1v) is 4.64. The molecule has 1 heterocycles. The van der Waals surface area contributed by atoms with Crippen molar-refractivity contribution < 1.29 is 17.4 Å². The molecule has 0 saturated carbocycles.